The lowest BCUT2D eigenvalue weighted by atomic mass is 10.4. The molecule has 0 aromatic carbocycles. The van der Waals surface area contributed by atoms with Crippen LogP contribution in [0.1, 0.15) is 10.5 Å². The lowest BCUT2D eigenvalue weighted by molar-refractivity contribution is 0.0776. The number of rotatable bonds is 1. The van der Waals surface area contributed by atoms with E-state index in [1.54, 1.807) is 18.3 Å². The molecule has 0 aliphatic heterocycles. The zero-order valence-electron chi connectivity index (χ0n) is 4.43. The molecular formula is C5H4BrNO2. The van der Waals surface area contributed by atoms with Gasteiger partial charge in [-0.1, -0.05) is 0 Å². The van der Waals surface area contributed by atoms with Crippen LogP contribution in [-0.2, 0) is 3.83 Å². The first-order valence-corrected chi connectivity index (χ1v) is 2.95. The number of aromatic nitrogens is 1. The summed E-state index contributed by atoms with van der Waals surface area (Å²) in [6, 6.07) is 3.35. The van der Waals surface area contributed by atoms with E-state index < -0.39 is 5.97 Å². The van der Waals surface area contributed by atoms with Crippen molar-refractivity contribution in [3.05, 3.63) is 24.0 Å². The van der Waals surface area contributed by atoms with Crippen molar-refractivity contribution in [3.8, 4) is 0 Å². The minimum atomic E-state index is -0.417. The number of hydrogen-bond donors (Lipinski definition) is 1. The van der Waals surface area contributed by atoms with Gasteiger partial charge in [0.15, 0.2) is 16.3 Å². The number of aromatic amines is 1. The van der Waals surface area contributed by atoms with Crippen LogP contribution in [0.25, 0.3) is 0 Å². The van der Waals surface area contributed by atoms with Crippen molar-refractivity contribution in [3.63, 3.8) is 0 Å². The van der Waals surface area contributed by atoms with Gasteiger partial charge in [-0.25, -0.2) is 4.79 Å². The molecule has 0 aliphatic carbocycles. The van der Waals surface area contributed by atoms with Gasteiger partial charge in [0, 0.05) is 6.20 Å². The fraction of sp³-hybridized carbons (Fsp3) is 0. The van der Waals surface area contributed by atoms with Crippen LogP contribution in [0.3, 0.4) is 0 Å². The van der Waals surface area contributed by atoms with Crippen molar-refractivity contribution in [2.45, 2.75) is 0 Å². The van der Waals surface area contributed by atoms with E-state index >= 15 is 0 Å². The summed E-state index contributed by atoms with van der Waals surface area (Å²) in [6.45, 7) is 0. The Hall–Kier alpha value is -0.770. The standard InChI is InChI=1S/C5H4BrNO2/c6-9-5(8)4-2-1-3-7-4/h1-3,7H. The normalized spacial score (nSPS) is 9.00. The molecule has 0 bridgehead atoms. The van der Waals surface area contributed by atoms with E-state index in [1.165, 1.54) is 0 Å². The number of nitrogens with one attached hydrogen (secondary N) is 1. The maximum absolute atomic E-state index is 10.6. The molecule has 1 rings (SSSR count). The fourth-order valence-corrected chi connectivity index (χ4v) is 0.673. The van der Waals surface area contributed by atoms with Crippen LogP contribution in [0.15, 0.2) is 18.3 Å². The first-order chi connectivity index (χ1) is 4.34. The second kappa shape index (κ2) is 2.68. The molecule has 0 fully saturated rings. The second-order valence-corrected chi connectivity index (χ2v) is 1.77. The second-order valence-electron chi connectivity index (χ2n) is 1.45. The Bertz CT molecular complexity index is 195. The molecule has 0 spiro atoms. The van der Waals surface area contributed by atoms with Gasteiger partial charge >= 0.3 is 5.97 Å². The number of carbonyl (C=O) groups is 1. The maximum atomic E-state index is 10.6. The van der Waals surface area contributed by atoms with E-state index in [0.717, 1.165) is 0 Å². The Balaban J connectivity index is 2.77. The van der Waals surface area contributed by atoms with Crippen LogP contribution >= 0.6 is 16.3 Å². The Morgan fingerprint density at radius 2 is 2.56 bits per heavy atom. The monoisotopic (exact) mass is 189 g/mol. The summed E-state index contributed by atoms with van der Waals surface area (Å²) >= 11 is 2.57. The quantitative estimate of drug-likeness (QED) is 0.728. The van der Waals surface area contributed by atoms with Crippen LogP contribution in [0.4, 0.5) is 0 Å². The van der Waals surface area contributed by atoms with Crippen molar-refractivity contribution >= 4 is 22.2 Å². The average Bonchev–Trinajstić information content (AvgIpc) is 2.37. The molecule has 0 unspecified atom stereocenters. The first kappa shape index (κ1) is 6.35. The van der Waals surface area contributed by atoms with Gasteiger partial charge in [-0.3, -0.25) is 0 Å². The first-order valence-electron chi connectivity index (χ1n) is 2.31. The van der Waals surface area contributed by atoms with Gasteiger partial charge in [-0.15, -0.1) is 0 Å². The Labute approximate surface area is 60.5 Å². The van der Waals surface area contributed by atoms with Crippen LogP contribution in [-0.4, -0.2) is 11.0 Å². The lowest BCUT2D eigenvalue weighted by Crippen LogP contribution is -1.96. The van der Waals surface area contributed by atoms with Crippen molar-refractivity contribution in [2.75, 3.05) is 0 Å². The molecule has 1 N–H and O–H groups in total. The van der Waals surface area contributed by atoms with E-state index in [9.17, 15) is 4.79 Å². The molecule has 0 aliphatic rings. The van der Waals surface area contributed by atoms with Crippen LogP contribution < -0.4 is 0 Å². The van der Waals surface area contributed by atoms with Gasteiger partial charge in [0.1, 0.15) is 5.69 Å². The molecular weight excluding hydrogens is 186 g/mol. The smallest absolute Gasteiger partial charge is 0.366 e. The topological polar surface area (TPSA) is 42.1 Å². The van der Waals surface area contributed by atoms with E-state index in [1.807, 2.05) is 0 Å². The molecule has 9 heavy (non-hydrogen) atoms. The summed E-state index contributed by atoms with van der Waals surface area (Å²) in [5, 5.41) is 0. The third kappa shape index (κ3) is 1.32. The molecule has 0 atom stereocenters. The van der Waals surface area contributed by atoms with Crippen LogP contribution in [0.2, 0.25) is 0 Å². The Kier molecular flexibility index (Phi) is 1.89. The molecule has 0 saturated heterocycles. The van der Waals surface area contributed by atoms with E-state index in [2.05, 4.69) is 25.1 Å². The summed E-state index contributed by atoms with van der Waals surface area (Å²) in [7, 11) is 0. The molecule has 4 heteroatoms. The van der Waals surface area contributed by atoms with Crippen molar-refractivity contribution in [1.29, 1.82) is 0 Å². The van der Waals surface area contributed by atoms with E-state index in [4.69, 9.17) is 0 Å². The minimum Gasteiger partial charge on any atom is -0.379 e. The fourth-order valence-electron chi connectivity index (χ4n) is 0.499. The number of H-pyrrole nitrogens is 1. The zero-order valence-corrected chi connectivity index (χ0v) is 6.01. The molecule has 0 radical (unpaired) electrons. The molecule has 0 saturated carbocycles. The van der Waals surface area contributed by atoms with Crippen molar-refractivity contribution < 1.29 is 8.62 Å². The molecule has 1 aromatic heterocycles. The lowest BCUT2D eigenvalue weighted by Gasteiger charge is -1.88. The maximum Gasteiger partial charge on any atom is 0.366 e. The summed E-state index contributed by atoms with van der Waals surface area (Å²) in [6.07, 6.45) is 1.65. The van der Waals surface area contributed by atoms with Crippen molar-refractivity contribution in [2.24, 2.45) is 0 Å². The zero-order chi connectivity index (χ0) is 6.69. The predicted octanol–water partition coefficient (Wildman–Crippen LogP) is 1.48. The third-order valence-electron chi connectivity index (χ3n) is 0.888. The summed E-state index contributed by atoms with van der Waals surface area (Å²) in [5.74, 6) is -0.417. The van der Waals surface area contributed by atoms with Crippen LogP contribution in [0.5, 0.6) is 0 Å². The van der Waals surface area contributed by atoms with E-state index in [-0.39, 0.29) is 0 Å². The summed E-state index contributed by atoms with van der Waals surface area (Å²) in [4.78, 5) is 13.3. The number of carbonyl (C=O) groups excluding carboxylic acids is 1. The average molecular weight is 190 g/mol. The van der Waals surface area contributed by atoms with Crippen molar-refractivity contribution in [1.82, 2.24) is 4.98 Å². The highest BCUT2D eigenvalue weighted by Crippen LogP contribution is 1.99. The molecule has 0 amide bonds. The Morgan fingerprint density at radius 3 is 3.00 bits per heavy atom. The van der Waals surface area contributed by atoms with Gasteiger partial charge in [0.2, 0.25) is 0 Å². The van der Waals surface area contributed by atoms with Gasteiger partial charge < -0.3 is 8.81 Å². The van der Waals surface area contributed by atoms with Gasteiger partial charge in [-0.2, -0.15) is 0 Å². The van der Waals surface area contributed by atoms with Gasteiger partial charge in [0.25, 0.3) is 0 Å². The highest BCUT2D eigenvalue weighted by molar-refractivity contribution is 9.06. The number of hydrogen-bond acceptors (Lipinski definition) is 2. The Morgan fingerprint density at radius 1 is 1.78 bits per heavy atom. The largest absolute Gasteiger partial charge is 0.379 e. The number of halogens is 1. The highest BCUT2D eigenvalue weighted by Gasteiger charge is 2.03. The SMILES string of the molecule is O=C(OBr)c1ccc[nH]1. The molecule has 3 nitrogen and oxygen atoms in total. The third-order valence-corrected chi connectivity index (χ3v) is 1.18. The van der Waals surface area contributed by atoms with Crippen LogP contribution in [0, 0.1) is 0 Å². The highest BCUT2D eigenvalue weighted by atomic mass is 79.9. The summed E-state index contributed by atoms with van der Waals surface area (Å²) in [5.41, 5.74) is 0.437. The van der Waals surface area contributed by atoms with Gasteiger partial charge in [0.05, 0.1) is 0 Å². The molecule has 48 valence electrons. The minimum absolute atomic E-state index is 0.417. The van der Waals surface area contributed by atoms with Gasteiger partial charge in [-0.05, 0) is 12.1 Å². The molecule has 1 aromatic rings. The predicted molar refractivity (Wildman–Crippen MR) is 35.1 cm³/mol. The summed E-state index contributed by atoms with van der Waals surface area (Å²) < 4.78 is 4.24. The van der Waals surface area contributed by atoms with E-state index in [0.29, 0.717) is 5.69 Å². The molecule has 1 heterocycles.